The van der Waals surface area contributed by atoms with Gasteiger partial charge in [0.15, 0.2) is 0 Å². The quantitative estimate of drug-likeness (QED) is 0.314. The van der Waals surface area contributed by atoms with Crippen molar-refractivity contribution in [2.75, 3.05) is 13.7 Å². The lowest BCUT2D eigenvalue weighted by Crippen LogP contribution is -2.08. The van der Waals surface area contributed by atoms with E-state index in [-0.39, 0.29) is 5.97 Å². The van der Waals surface area contributed by atoms with E-state index in [9.17, 15) is 4.79 Å². The molecule has 3 heteroatoms. The molecule has 78 valence electrons. The fraction of sp³-hybridized carbons (Fsp3) is 0.545. The minimum atomic E-state index is -0.322. The highest BCUT2D eigenvalue weighted by Crippen LogP contribution is 2.19. The van der Waals surface area contributed by atoms with Gasteiger partial charge in [-0.1, -0.05) is 11.6 Å². The van der Waals surface area contributed by atoms with Gasteiger partial charge in [0.25, 0.3) is 0 Å². The van der Waals surface area contributed by atoms with Crippen LogP contribution in [0.25, 0.3) is 0 Å². The van der Waals surface area contributed by atoms with Crippen LogP contribution in [-0.2, 0) is 9.53 Å². The van der Waals surface area contributed by atoms with E-state index in [0.29, 0.717) is 0 Å². The number of carbonyl (C=O) groups is 1. The summed E-state index contributed by atoms with van der Waals surface area (Å²) in [5, 5.41) is 3.06. The van der Waals surface area contributed by atoms with Crippen LogP contribution in [0.15, 0.2) is 23.9 Å². The van der Waals surface area contributed by atoms with Crippen molar-refractivity contribution in [3.8, 4) is 0 Å². The number of nitrogens with one attached hydrogen (secondary N) is 1. The third-order valence-corrected chi connectivity index (χ3v) is 2.26. The molecule has 0 aromatic heterocycles. The SMILES string of the molecule is COC(=O)/C=C/NCCC1=CCCC1. The molecule has 0 atom stereocenters. The van der Waals surface area contributed by atoms with Crippen LogP contribution in [-0.4, -0.2) is 19.6 Å². The van der Waals surface area contributed by atoms with Gasteiger partial charge in [0.1, 0.15) is 0 Å². The minimum Gasteiger partial charge on any atom is -0.466 e. The molecular formula is C11H17NO2. The minimum absolute atomic E-state index is 0.322. The van der Waals surface area contributed by atoms with Gasteiger partial charge >= 0.3 is 5.97 Å². The maximum Gasteiger partial charge on any atom is 0.331 e. The highest BCUT2D eigenvalue weighted by molar-refractivity contribution is 5.81. The number of hydrogen-bond acceptors (Lipinski definition) is 3. The molecule has 14 heavy (non-hydrogen) atoms. The standard InChI is InChI=1S/C11H17NO2/c1-14-11(13)7-9-12-8-6-10-4-2-3-5-10/h4,7,9,12H,2-3,5-6,8H2,1H3/b9-7+. The summed E-state index contributed by atoms with van der Waals surface area (Å²) in [6, 6.07) is 0. The van der Waals surface area contributed by atoms with Gasteiger partial charge in [0, 0.05) is 18.8 Å². The van der Waals surface area contributed by atoms with Gasteiger partial charge in [-0.25, -0.2) is 4.79 Å². The molecule has 0 aromatic rings. The Morgan fingerprint density at radius 3 is 3.21 bits per heavy atom. The summed E-state index contributed by atoms with van der Waals surface area (Å²) in [6.07, 6.45) is 10.2. The number of allylic oxidation sites excluding steroid dienone is 1. The number of carbonyl (C=O) groups excluding carboxylic acids is 1. The summed E-state index contributed by atoms with van der Waals surface area (Å²) < 4.78 is 4.45. The molecule has 0 saturated heterocycles. The molecule has 1 N–H and O–H groups in total. The largest absolute Gasteiger partial charge is 0.466 e. The van der Waals surface area contributed by atoms with E-state index in [1.807, 2.05) is 0 Å². The Kier molecular flexibility index (Phi) is 4.83. The first-order valence-electron chi connectivity index (χ1n) is 4.98. The lowest BCUT2D eigenvalue weighted by atomic mass is 10.2. The number of esters is 1. The third-order valence-electron chi connectivity index (χ3n) is 2.26. The molecule has 1 aliphatic rings. The van der Waals surface area contributed by atoms with Crippen LogP contribution in [0.3, 0.4) is 0 Å². The fourth-order valence-corrected chi connectivity index (χ4v) is 1.48. The average molecular weight is 195 g/mol. The smallest absolute Gasteiger partial charge is 0.331 e. The van der Waals surface area contributed by atoms with Crippen molar-refractivity contribution in [2.45, 2.75) is 25.7 Å². The second kappa shape index (κ2) is 6.24. The first-order valence-corrected chi connectivity index (χ1v) is 4.98. The zero-order valence-electron chi connectivity index (χ0n) is 8.58. The molecule has 0 fully saturated rings. The molecule has 1 rings (SSSR count). The van der Waals surface area contributed by atoms with Gasteiger partial charge in [0.05, 0.1) is 7.11 Å². The van der Waals surface area contributed by atoms with Gasteiger partial charge in [-0.15, -0.1) is 0 Å². The van der Waals surface area contributed by atoms with Crippen LogP contribution < -0.4 is 5.32 Å². The molecule has 0 spiro atoms. The Balaban J connectivity index is 2.04. The normalized spacial score (nSPS) is 15.6. The maximum atomic E-state index is 10.7. The van der Waals surface area contributed by atoms with Gasteiger partial charge in [0.2, 0.25) is 0 Å². The van der Waals surface area contributed by atoms with Crippen molar-refractivity contribution in [1.82, 2.24) is 5.32 Å². The molecular weight excluding hydrogens is 178 g/mol. The van der Waals surface area contributed by atoms with Crippen molar-refractivity contribution in [1.29, 1.82) is 0 Å². The van der Waals surface area contributed by atoms with Crippen LogP contribution in [0.2, 0.25) is 0 Å². The van der Waals surface area contributed by atoms with E-state index in [1.54, 1.807) is 6.20 Å². The van der Waals surface area contributed by atoms with Gasteiger partial charge in [-0.3, -0.25) is 0 Å². The summed E-state index contributed by atoms with van der Waals surface area (Å²) in [4.78, 5) is 10.7. The number of ether oxygens (including phenoxy) is 1. The van der Waals surface area contributed by atoms with Crippen molar-refractivity contribution in [3.63, 3.8) is 0 Å². The molecule has 0 heterocycles. The van der Waals surface area contributed by atoms with Gasteiger partial charge < -0.3 is 10.1 Å². The topological polar surface area (TPSA) is 38.3 Å². The third kappa shape index (κ3) is 4.12. The van der Waals surface area contributed by atoms with Crippen molar-refractivity contribution in [3.05, 3.63) is 23.9 Å². The Hall–Kier alpha value is -1.25. The lowest BCUT2D eigenvalue weighted by molar-refractivity contribution is -0.134. The molecule has 0 aliphatic heterocycles. The lowest BCUT2D eigenvalue weighted by Gasteiger charge is -2.01. The number of rotatable bonds is 5. The Morgan fingerprint density at radius 2 is 2.57 bits per heavy atom. The Labute approximate surface area is 84.8 Å². The second-order valence-electron chi connectivity index (χ2n) is 3.32. The number of methoxy groups -OCH3 is 1. The van der Waals surface area contributed by atoms with Crippen LogP contribution in [0.5, 0.6) is 0 Å². The second-order valence-corrected chi connectivity index (χ2v) is 3.32. The highest BCUT2D eigenvalue weighted by atomic mass is 16.5. The van der Waals surface area contributed by atoms with E-state index in [2.05, 4.69) is 16.1 Å². The zero-order valence-corrected chi connectivity index (χ0v) is 8.58. The number of hydrogen-bond donors (Lipinski definition) is 1. The summed E-state index contributed by atoms with van der Waals surface area (Å²) >= 11 is 0. The summed E-state index contributed by atoms with van der Waals surface area (Å²) in [5.41, 5.74) is 1.53. The van der Waals surface area contributed by atoms with E-state index in [4.69, 9.17) is 0 Å². The molecule has 0 unspecified atom stereocenters. The van der Waals surface area contributed by atoms with Crippen molar-refractivity contribution < 1.29 is 9.53 Å². The van der Waals surface area contributed by atoms with E-state index < -0.39 is 0 Å². The molecule has 0 radical (unpaired) electrons. The van der Waals surface area contributed by atoms with Crippen LogP contribution in [0, 0.1) is 0 Å². The predicted octanol–water partition coefficient (Wildman–Crippen LogP) is 1.76. The molecule has 0 amide bonds. The average Bonchev–Trinajstić information content (AvgIpc) is 2.69. The summed E-state index contributed by atoms with van der Waals surface area (Å²) in [7, 11) is 1.37. The molecule has 0 bridgehead atoms. The maximum absolute atomic E-state index is 10.7. The first-order chi connectivity index (χ1) is 6.83. The molecule has 3 nitrogen and oxygen atoms in total. The van der Waals surface area contributed by atoms with Crippen molar-refractivity contribution >= 4 is 5.97 Å². The van der Waals surface area contributed by atoms with Gasteiger partial charge in [-0.05, 0) is 25.7 Å². The van der Waals surface area contributed by atoms with Crippen LogP contribution in [0.1, 0.15) is 25.7 Å². The Morgan fingerprint density at radius 1 is 1.71 bits per heavy atom. The summed E-state index contributed by atoms with van der Waals surface area (Å²) in [6.45, 7) is 0.888. The van der Waals surface area contributed by atoms with Crippen molar-refractivity contribution in [2.24, 2.45) is 0 Å². The predicted molar refractivity (Wildman–Crippen MR) is 55.7 cm³/mol. The fourth-order valence-electron chi connectivity index (χ4n) is 1.48. The Bertz CT molecular complexity index is 244. The summed E-state index contributed by atoms with van der Waals surface area (Å²) in [5.74, 6) is -0.322. The van der Waals surface area contributed by atoms with E-state index >= 15 is 0 Å². The monoisotopic (exact) mass is 195 g/mol. The first kappa shape index (κ1) is 10.8. The highest BCUT2D eigenvalue weighted by Gasteiger charge is 2.02. The molecule has 0 saturated carbocycles. The van der Waals surface area contributed by atoms with E-state index in [1.165, 1.54) is 38.0 Å². The molecule has 0 aromatic carbocycles. The molecule has 1 aliphatic carbocycles. The van der Waals surface area contributed by atoms with Gasteiger partial charge in [-0.2, -0.15) is 0 Å². The van der Waals surface area contributed by atoms with Crippen LogP contribution in [0.4, 0.5) is 0 Å². The zero-order chi connectivity index (χ0) is 10.2. The van der Waals surface area contributed by atoms with E-state index in [0.717, 1.165) is 13.0 Å². The van der Waals surface area contributed by atoms with Crippen LogP contribution >= 0.6 is 0 Å².